The maximum Gasteiger partial charge on any atom is 0.247 e. The van der Waals surface area contributed by atoms with E-state index in [2.05, 4.69) is 10.6 Å². The van der Waals surface area contributed by atoms with Crippen LogP contribution in [0.15, 0.2) is 24.3 Å². The molecule has 1 aromatic rings. The molecule has 0 aliphatic carbocycles. The summed E-state index contributed by atoms with van der Waals surface area (Å²) >= 11 is 5.92. The zero-order valence-electron chi connectivity index (χ0n) is 13.9. The quantitative estimate of drug-likeness (QED) is 0.559. The number of hydrogen-bond acceptors (Lipinski definition) is 4. The fourth-order valence-electron chi connectivity index (χ4n) is 1.99. The van der Waals surface area contributed by atoms with Gasteiger partial charge in [-0.05, 0) is 30.5 Å². The first kappa shape index (κ1) is 19.9. The molecule has 8 heteroatoms. The van der Waals surface area contributed by atoms with Gasteiger partial charge in [0.2, 0.25) is 17.7 Å². The number of carbonyl (C=O) groups excluding carboxylic acids is 3. The van der Waals surface area contributed by atoms with Crippen LogP contribution in [0.25, 0.3) is 0 Å². The molecule has 0 aliphatic rings. The first-order valence-electron chi connectivity index (χ1n) is 7.48. The van der Waals surface area contributed by atoms with Gasteiger partial charge in [0.1, 0.15) is 5.54 Å². The average molecular weight is 355 g/mol. The molecule has 0 radical (unpaired) electrons. The number of halogens is 1. The Bertz CT molecular complexity index is 636. The summed E-state index contributed by atoms with van der Waals surface area (Å²) in [5.41, 5.74) is 10.1. The van der Waals surface area contributed by atoms with Crippen LogP contribution in [0.3, 0.4) is 0 Å². The van der Waals surface area contributed by atoms with E-state index in [-0.39, 0.29) is 12.5 Å². The monoisotopic (exact) mass is 354 g/mol. The normalized spacial score (nSPS) is 14.6. The van der Waals surface area contributed by atoms with Crippen molar-refractivity contribution in [3.63, 3.8) is 0 Å². The van der Waals surface area contributed by atoms with E-state index >= 15 is 0 Å². The van der Waals surface area contributed by atoms with Crippen molar-refractivity contribution in [3.8, 4) is 0 Å². The lowest BCUT2D eigenvalue weighted by Gasteiger charge is -2.28. The Morgan fingerprint density at radius 1 is 1.29 bits per heavy atom. The lowest BCUT2D eigenvalue weighted by molar-refractivity contribution is -0.132. The molecule has 0 fully saturated rings. The van der Waals surface area contributed by atoms with Gasteiger partial charge in [-0.3, -0.25) is 14.4 Å². The summed E-state index contributed by atoms with van der Waals surface area (Å²) in [6.07, 6.45) is 0. The Balaban J connectivity index is 2.81. The smallest absolute Gasteiger partial charge is 0.247 e. The standard InChI is InChI=1S/C16H23ClN4O3/c1-9(2)13(18)14(23)20-8-12(22)21-16(3,15(19)24)10-5-4-6-11(17)7-10/h4-7,9,13H,8,18H2,1-3H3,(H2,19,24)(H,20,23)(H,21,22)/t13-,16?/m0/s1. The molecule has 2 atom stereocenters. The third kappa shape index (κ3) is 4.94. The highest BCUT2D eigenvalue weighted by Gasteiger charge is 2.35. The maximum absolute atomic E-state index is 12.1. The van der Waals surface area contributed by atoms with Crippen molar-refractivity contribution >= 4 is 29.3 Å². The van der Waals surface area contributed by atoms with Gasteiger partial charge in [0.15, 0.2) is 0 Å². The average Bonchev–Trinajstić information content (AvgIpc) is 2.51. The molecule has 7 nitrogen and oxygen atoms in total. The van der Waals surface area contributed by atoms with E-state index in [1.54, 1.807) is 38.1 Å². The summed E-state index contributed by atoms with van der Waals surface area (Å²) in [6.45, 7) is 4.75. The van der Waals surface area contributed by atoms with Crippen molar-refractivity contribution in [2.45, 2.75) is 32.4 Å². The van der Waals surface area contributed by atoms with E-state index < -0.39 is 29.3 Å². The Labute approximate surface area is 146 Å². The Kier molecular flexibility index (Phi) is 6.74. The molecule has 24 heavy (non-hydrogen) atoms. The second kappa shape index (κ2) is 8.12. The van der Waals surface area contributed by atoms with Crippen molar-refractivity contribution < 1.29 is 14.4 Å². The van der Waals surface area contributed by atoms with Crippen LogP contribution in [-0.2, 0) is 19.9 Å². The second-order valence-corrected chi connectivity index (χ2v) is 6.47. The number of primary amides is 1. The fraction of sp³-hybridized carbons (Fsp3) is 0.438. The molecule has 6 N–H and O–H groups in total. The number of benzene rings is 1. The third-order valence-electron chi connectivity index (χ3n) is 3.73. The van der Waals surface area contributed by atoms with E-state index in [9.17, 15) is 14.4 Å². The van der Waals surface area contributed by atoms with Crippen LogP contribution in [0.4, 0.5) is 0 Å². The molecule has 0 bridgehead atoms. The van der Waals surface area contributed by atoms with Crippen molar-refractivity contribution in [2.75, 3.05) is 6.54 Å². The van der Waals surface area contributed by atoms with Gasteiger partial charge in [0, 0.05) is 5.02 Å². The summed E-state index contributed by atoms with van der Waals surface area (Å²) in [4.78, 5) is 35.7. The molecular weight excluding hydrogens is 332 g/mol. The first-order chi connectivity index (χ1) is 11.1. The summed E-state index contributed by atoms with van der Waals surface area (Å²) in [7, 11) is 0. The minimum absolute atomic E-state index is 0.0598. The molecule has 1 aromatic carbocycles. The Morgan fingerprint density at radius 3 is 2.42 bits per heavy atom. The van der Waals surface area contributed by atoms with Crippen molar-refractivity contribution in [1.82, 2.24) is 10.6 Å². The van der Waals surface area contributed by atoms with E-state index in [1.165, 1.54) is 6.92 Å². The van der Waals surface area contributed by atoms with Crippen LogP contribution in [0.1, 0.15) is 26.3 Å². The topological polar surface area (TPSA) is 127 Å². The summed E-state index contributed by atoms with van der Waals surface area (Å²) in [6, 6.07) is 5.74. The molecule has 0 heterocycles. The first-order valence-corrected chi connectivity index (χ1v) is 7.86. The van der Waals surface area contributed by atoms with Crippen LogP contribution < -0.4 is 22.1 Å². The Hall–Kier alpha value is -2.12. The van der Waals surface area contributed by atoms with Gasteiger partial charge >= 0.3 is 0 Å². The molecule has 0 aromatic heterocycles. The SMILES string of the molecule is CC(C)[C@H](N)C(=O)NCC(=O)NC(C)(C(N)=O)c1cccc(Cl)c1. The number of rotatable bonds is 7. The minimum atomic E-state index is -1.45. The molecular formula is C16H23ClN4O3. The van der Waals surface area contributed by atoms with Gasteiger partial charge in [-0.25, -0.2) is 0 Å². The molecule has 3 amide bonds. The van der Waals surface area contributed by atoms with Crippen LogP contribution in [0.2, 0.25) is 5.02 Å². The number of nitrogens with two attached hydrogens (primary N) is 2. The molecule has 132 valence electrons. The highest BCUT2D eigenvalue weighted by Crippen LogP contribution is 2.23. The largest absolute Gasteiger partial charge is 0.367 e. The molecule has 0 saturated carbocycles. The van der Waals surface area contributed by atoms with Gasteiger partial charge in [0.05, 0.1) is 12.6 Å². The van der Waals surface area contributed by atoms with Gasteiger partial charge in [-0.2, -0.15) is 0 Å². The summed E-state index contributed by atoms with van der Waals surface area (Å²) in [5.74, 6) is -1.82. The molecule has 0 saturated heterocycles. The number of hydrogen-bond donors (Lipinski definition) is 4. The Morgan fingerprint density at radius 2 is 1.92 bits per heavy atom. The van der Waals surface area contributed by atoms with E-state index in [1.807, 2.05) is 0 Å². The number of amides is 3. The second-order valence-electron chi connectivity index (χ2n) is 6.04. The lowest BCUT2D eigenvalue weighted by Crippen LogP contribution is -2.55. The van der Waals surface area contributed by atoms with Crippen molar-refractivity contribution in [2.24, 2.45) is 17.4 Å². The minimum Gasteiger partial charge on any atom is -0.367 e. The highest BCUT2D eigenvalue weighted by molar-refractivity contribution is 6.30. The predicted octanol–water partition coefficient (Wildman–Crippen LogP) is 0.256. The predicted molar refractivity (Wildman–Crippen MR) is 92.0 cm³/mol. The number of carbonyl (C=O) groups is 3. The molecule has 1 rings (SSSR count). The molecule has 1 unspecified atom stereocenters. The van der Waals surface area contributed by atoms with Crippen molar-refractivity contribution in [3.05, 3.63) is 34.9 Å². The highest BCUT2D eigenvalue weighted by atomic mass is 35.5. The molecule has 0 spiro atoms. The van der Waals surface area contributed by atoms with Crippen molar-refractivity contribution in [1.29, 1.82) is 0 Å². The zero-order valence-corrected chi connectivity index (χ0v) is 14.7. The van der Waals surface area contributed by atoms with Gasteiger partial charge in [-0.15, -0.1) is 0 Å². The maximum atomic E-state index is 12.1. The lowest BCUT2D eigenvalue weighted by atomic mass is 9.91. The number of nitrogens with one attached hydrogen (secondary N) is 2. The van der Waals surface area contributed by atoms with Crippen LogP contribution >= 0.6 is 11.6 Å². The van der Waals surface area contributed by atoms with Gasteiger partial charge in [0.25, 0.3) is 0 Å². The van der Waals surface area contributed by atoms with Gasteiger partial charge in [-0.1, -0.05) is 37.6 Å². The van der Waals surface area contributed by atoms with Crippen LogP contribution in [-0.4, -0.2) is 30.3 Å². The van der Waals surface area contributed by atoms with Crippen LogP contribution in [0.5, 0.6) is 0 Å². The summed E-state index contributed by atoms with van der Waals surface area (Å²) < 4.78 is 0. The fourth-order valence-corrected chi connectivity index (χ4v) is 2.18. The third-order valence-corrected chi connectivity index (χ3v) is 3.96. The van der Waals surface area contributed by atoms with E-state index in [0.29, 0.717) is 10.6 Å². The van der Waals surface area contributed by atoms with Crippen LogP contribution in [0, 0.1) is 5.92 Å². The van der Waals surface area contributed by atoms with E-state index in [0.717, 1.165) is 0 Å². The molecule has 0 aliphatic heterocycles. The zero-order chi connectivity index (χ0) is 18.5. The van der Waals surface area contributed by atoms with Gasteiger partial charge < -0.3 is 22.1 Å². The van der Waals surface area contributed by atoms with E-state index in [4.69, 9.17) is 23.1 Å². The summed E-state index contributed by atoms with van der Waals surface area (Å²) in [5, 5.41) is 5.37.